The van der Waals surface area contributed by atoms with E-state index < -0.39 is 29.1 Å². The van der Waals surface area contributed by atoms with Crippen molar-refractivity contribution in [1.82, 2.24) is 0 Å². The highest BCUT2D eigenvalue weighted by Gasteiger charge is 2.36. The lowest BCUT2D eigenvalue weighted by molar-refractivity contribution is -0.139. The van der Waals surface area contributed by atoms with E-state index in [1.165, 1.54) is 0 Å². The third-order valence-corrected chi connectivity index (χ3v) is 1.96. The Hall–Kier alpha value is -1.59. The molecule has 0 radical (unpaired) electrons. The summed E-state index contributed by atoms with van der Waals surface area (Å²) < 4.78 is 55.1. The number of carbonyl (C=O) groups is 1. The van der Waals surface area contributed by atoms with Crippen LogP contribution >= 0.6 is 0 Å². The Balaban J connectivity index is 0.00000137. The minimum atomic E-state index is -4.77. The van der Waals surface area contributed by atoms with Gasteiger partial charge in [0.25, 0.3) is 0 Å². The maximum Gasteiger partial charge on any atom is 0.420 e. The minimum Gasteiger partial charge on any atom is -0.493 e. The van der Waals surface area contributed by atoms with Crippen LogP contribution in [0.3, 0.4) is 0 Å². The van der Waals surface area contributed by atoms with Crippen molar-refractivity contribution in [1.29, 1.82) is 0 Å². The zero-order valence-electron chi connectivity index (χ0n) is 10.5. The number of ketones is 1. The summed E-state index contributed by atoms with van der Waals surface area (Å²) in [6.45, 7) is 5.06. The number of alkyl halides is 3. The maximum absolute atomic E-state index is 13.2. The van der Waals surface area contributed by atoms with Crippen molar-refractivity contribution in [2.45, 2.75) is 26.9 Å². The molecule has 1 aromatic rings. The molecule has 0 spiro atoms. The molecular weight excluding hydrogens is 252 g/mol. The first kappa shape index (κ1) is 16.4. The van der Waals surface area contributed by atoms with Crippen LogP contribution < -0.4 is 4.74 Å². The molecular formula is C12H14F4O2. The summed E-state index contributed by atoms with van der Waals surface area (Å²) in [5.74, 6) is -2.76. The van der Waals surface area contributed by atoms with E-state index in [-0.39, 0.29) is 5.56 Å². The van der Waals surface area contributed by atoms with Crippen LogP contribution in [-0.4, -0.2) is 12.9 Å². The molecule has 0 N–H and O–H groups in total. The lowest BCUT2D eigenvalue weighted by atomic mass is 10.1. The molecule has 0 saturated carbocycles. The second-order valence-electron chi connectivity index (χ2n) is 3.09. The number of Topliss-reactive ketones (excluding diaryl/α,β-unsaturated/α-hetero) is 1. The number of benzene rings is 1. The van der Waals surface area contributed by atoms with Gasteiger partial charge >= 0.3 is 6.18 Å². The Bertz CT molecular complexity index is 425. The van der Waals surface area contributed by atoms with Gasteiger partial charge < -0.3 is 4.74 Å². The molecule has 0 amide bonds. The molecule has 0 heterocycles. The van der Waals surface area contributed by atoms with Gasteiger partial charge in [-0.2, -0.15) is 13.2 Å². The molecule has 0 fully saturated rings. The summed E-state index contributed by atoms with van der Waals surface area (Å²) in [6.07, 6.45) is -4.77. The van der Waals surface area contributed by atoms with Crippen molar-refractivity contribution >= 4 is 5.78 Å². The summed E-state index contributed by atoms with van der Waals surface area (Å²) in [5.41, 5.74) is -1.63. The van der Waals surface area contributed by atoms with Crippen LogP contribution in [0.4, 0.5) is 17.6 Å². The summed E-state index contributed by atoms with van der Waals surface area (Å²) in [6, 6.07) is 1.29. The summed E-state index contributed by atoms with van der Waals surface area (Å²) in [7, 11) is 0.932. The van der Waals surface area contributed by atoms with Crippen LogP contribution in [0, 0.1) is 5.82 Å². The van der Waals surface area contributed by atoms with Crippen molar-refractivity contribution in [3.63, 3.8) is 0 Å². The number of halogens is 4. The van der Waals surface area contributed by atoms with E-state index >= 15 is 0 Å². The zero-order chi connectivity index (χ0) is 14.5. The molecule has 6 heteroatoms. The second-order valence-corrected chi connectivity index (χ2v) is 3.09. The quantitative estimate of drug-likeness (QED) is 0.595. The van der Waals surface area contributed by atoms with Gasteiger partial charge in [-0.25, -0.2) is 4.39 Å². The van der Waals surface area contributed by atoms with E-state index in [1.54, 1.807) is 0 Å². The van der Waals surface area contributed by atoms with E-state index in [9.17, 15) is 22.4 Å². The third kappa shape index (κ3) is 3.72. The first-order valence-corrected chi connectivity index (χ1v) is 5.23. The molecule has 2 nitrogen and oxygen atoms in total. The zero-order valence-corrected chi connectivity index (χ0v) is 10.5. The van der Waals surface area contributed by atoms with Crippen LogP contribution in [-0.2, 0) is 6.18 Å². The lowest BCUT2D eigenvalue weighted by Crippen LogP contribution is -2.10. The fourth-order valence-electron chi connectivity index (χ4n) is 1.21. The molecule has 0 saturated heterocycles. The molecule has 1 rings (SSSR count). The van der Waals surface area contributed by atoms with Crippen LogP contribution in [0.15, 0.2) is 12.1 Å². The lowest BCUT2D eigenvalue weighted by Gasteiger charge is -2.13. The molecule has 18 heavy (non-hydrogen) atoms. The van der Waals surface area contributed by atoms with Gasteiger partial charge in [0.2, 0.25) is 0 Å². The smallest absolute Gasteiger partial charge is 0.420 e. The fourth-order valence-corrected chi connectivity index (χ4v) is 1.21. The number of carbonyl (C=O) groups excluding carboxylic acids is 1. The Labute approximate surface area is 103 Å². The molecule has 0 aromatic heterocycles. The SMILES string of the molecule is CC.COc1c(F)cc(C(C)=O)cc1C(F)(F)F. The number of rotatable bonds is 2. The van der Waals surface area contributed by atoms with Crippen molar-refractivity contribution < 1.29 is 27.1 Å². The second kappa shape index (κ2) is 6.37. The van der Waals surface area contributed by atoms with Crippen LogP contribution in [0.1, 0.15) is 36.7 Å². The van der Waals surface area contributed by atoms with Crippen LogP contribution in [0.5, 0.6) is 5.75 Å². The van der Waals surface area contributed by atoms with Crippen molar-refractivity contribution in [3.8, 4) is 5.75 Å². The number of hydrogen-bond donors (Lipinski definition) is 0. The summed E-state index contributed by atoms with van der Waals surface area (Å²) in [5, 5.41) is 0. The maximum atomic E-state index is 13.2. The molecule has 1 aromatic carbocycles. The Morgan fingerprint density at radius 1 is 1.22 bits per heavy atom. The fraction of sp³-hybridized carbons (Fsp3) is 0.417. The molecule has 0 aliphatic carbocycles. The van der Waals surface area contributed by atoms with E-state index in [0.717, 1.165) is 20.1 Å². The van der Waals surface area contributed by atoms with Crippen molar-refractivity contribution in [2.75, 3.05) is 7.11 Å². The first-order valence-electron chi connectivity index (χ1n) is 5.23. The predicted octanol–water partition coefficient (Wildman–Crippen LogP) is 4.08. The van der Waals surface area contributed by atoms with Crippen molar-refractivity contribution in [3.05, 3.63) is 29.1 Å². The van der Waals surface area contributed by atoms with E-state index in [0.29, 0.717) is 6.07 Å². The number of hydrogen-bond acceptors (Lipinski definition) is 2. The molecule has 0 aliphatic heterocycles. The Morgan fingerprint density at radius 2 is 1.72 bits per heavy atom. The highest BCUT2D eigenvalue weighted by Crippen LogP contribution is 2.38. The first-order chi connectivity index (χ1) is 8.27. The highest BCUT2D eigenvalue weighted by atomic mass is 19.4. The van der Waals surface area contributed by atoms with Gasteiger partial charge in [-0.05, 0) is 19.1 Å². The van der Waals surface area contributed by atoms with E-state index in [2.05, 4.69) is 4.74 Å². The number of ether oxygens (including phenoxy) is 1. The van der Waals surface area contributed by atoms with Gasteiger partial charge in [0, 0.05) is 5.56 Å². The van der Waals surface area contributed by atoms with E-state index in [1.807, 2.05) is 13.8 Å². The monoisotopic (exact) mass is 266 g/mol. The van der Waals surface area contributed by atoms with Gasteiger partial charge in [-0.15, -0.1) is 0 Å². The normalized spacial score (nSPS) is 10.4. The molecule has 0 aliphatic rings. The van der Waals surface area contributed by atoms with Gasteiger partial charge in [-0.3, -0.25) is 4.79 Å². The topological polar surface area (TPSA) is 26.3 Å². The van der Waals surface area contributed by atoms with E-state index in [4.69, 9.17) is 0 Å². The van der Waals surface area contributed by atoms with Gasteiger partial charge in [0.1, 0.15) is 5.56 Å². The van der Waals surface area contributed by atoms with Crippen LogP contribution in [0.25, 0.3) is 0 Å². The summed E-state index contributed by atoms with van der Waals surface area (Å²) in [4.78, 5) is 10.9. The van der Waals surface area contributed by atoms with Gasteiger partial charge in [-0.1, -0.05) is 13.8 Å². The molecule has 0 unspecified atom stereocenters. The standard InChI is InChI=1S/C10H8F4O2.C2H6/c1-5(15)6-3-7(10(12,13)14)9(16-2)8(11)4-6;1-2/h3-4H,1-2H3;1-2H3. The Morgan fingerprint density at radius 3 is 2.06 bits per heavy atom. The predicted molar refractivity (Wildman–Crippen MR) is 59.3 cm³/mol. The van der Waals surface area contributed by atoms with Crippen molar-refractivity contribution in [2.24, 2.45) is 0 Å². The average molecular weight is 266 g/mol. The number of methoxy groups -OCH3 is 1. The van der Waals surface area contributed by atoms with Crippen LogP contribution in [0.2, 0.25) is 0 Å². The average Bonchev–Trinajstić information content (AvgIpc) is 2.29. The molecule has 102 valence electrons. The third-order valence-electron chi connectivity index (χ3n) is 1.96. The summed E-state index contributed by atoms with van der Waals surface area (Å²) >= 11 is 0. The largest absolute Gasteiger partial charge is 0.493 e. The minimum absolute atomic E-state index is 0.342. The van der Waals surface area contributed by atoms with Gasteiger partial charge in [0.05, 0.1) is 7.11 Å². The van der Waals surface area contributed by atoms with Gasteiger partial charge in [0.15, 0.2) is 17.3 Å². The highest BCUT2D eigenvalue weighted by molar-refractivity contribution is 5.94. The Kier molecular flexibility index (Phi) is 5.81. The molecule has 0 bridgehead atoms. The molecule has 0 atom stereocenters.